The smallest absolute Gasteiger partial charge is 0.255 e. The van der Waals surface area contributed by atoms with Gasteiger partial charge in [-0.1, -0.05) is 18.2 Å². The lowest BCUT2D eigenvalue weighted by Gasteiger charge is -2.13. The zero-order chi connectivity index (χ0) is 12.5. The van der Waals surface area contributed by atoms with Gasteiger partial charge in [-0.15, -0.1) is 10.2 Å². The van der Waals surface area contributed by atoms with Gasteiger partial charge in [-0.25, -0.2) is 0 Å². The highest BCUT2D eigenvalue weighted by molar-refractivity contribution is 5.84. The topological polar surface area (TPSA) is 76.2 Å². The Morgan fingerprint density at radius 3 is 2.53 bits per heavy atom. The lowest BCUT2D eigenvalue weighted by atomic mass is 10.0. The van der Waals surface area contributed by atoms with Gasteiger partial charge in [-0.2, -0.15) is 0 Å². The van der Waals surface area contributed by atoms with Gasteiger partial charge in [0.05, 0.1) is 0 Å². The van der Waals surface area contributed by atoms with E-state index in [-0.39, 0.29) is 11.8 Å². The molecular formula is C12H12N2O3. The number of aromatic nitrogens is 2. The van der Waals surface area contributed by atoms with Crippen LogP contribution in [-0.4, -0.2) is 21.1 Å². The van der Waals surface area contributed by atoms with Gasteiger partial charge in [0.15, 0.2) is 11.4 Å². The number of Topliss-reactive ketones (excluding diaryl/α,β-unsaturated/α-hetero) is 1. The number of hydrogen-bond donors (Lipinski definition) is 1. The molecule has 0 aliphatic heterocycles. The monoisotopic (exact) mass is 232 g/mol. The molecule has 0 saturated carbocycles. The minimum Gasteiger partial charge on any atom is -0.417 e. The summed E-state index contributed by atoms with van der Waals surface area (Å²) in [4.78, 5) is 11.2. The van der Waals surface area contributed by atoms with E-state index < -0.39 is 11.4 Å². The van der Waals surface area contributed by atoms with Crippen LogP contribution in [0.3, 0.4) is 0 Å². The molecule has 1 atom stereocenters. The Bertz CT molecular complexity index is 532. The standard InChI is InChI=1S/C12H12N2O3/c1-8(15)12(2,16)11-14-13-10(17-11)9-6-4-3-5-7-9/h3-7,16H,1-2H3. The molecule has 0 saturated heterocycles. The minimum absolute atomic E-state index is 0.0937. The average Bonchev–Trinajstić information content (AvgIpc) is 2.80. The molecule has 5 heteroatoms. The zero-order valence-electron chi connectivity index (χ0n) is 9.54. The maximum atomic E-state index is 11.2. The van der Waals surface area contributed by atoms with Crippen molar-refractivity contribution >= 4 is 5.78 Å². The van der Waals surface area contributed by atoms with Gasteiger partial charge in [0.1, 0.15) is 0 Å². The first-order valence-corrected chi connectivity index (χ1v) is 5.14. The van der Waals surface area contributed by atoms with E-state index in [1.807, 2.05) is 18.2 Å². The second kappa shape index (κ2) is 4.10. The predicted octanol–water partition coefficient (Wildman–Crippen LogP) is 1.53. The average molecular weight is 232 g/mol. The molecule has 0 aliphatic carbocycles. The maximum absolute atomic E-state index is 11.2. The number of carbonyl (C=O) groups excluding carboxylic acids is 1. The van der Waals surface area contributed by atoms with Gasteiger partial charge in [-0.05, 0) is 26.0 Å². The van der Waals surface area contributed by atoms with Crippen molar-refractivity contribution in [2.45, 2.75) is 19.4 Å². The third-order valence-corrected chi connectivity index (χ3v) is 2.55. The van der Waals surface area contributed by atoms with Crippen LogP contribution in [0.2, 0.25) is 0 Å². The summed E-state index contributed by atoms with van der Waals surface area (Å²) in [7, 11) is 0. The van der Waals surface area contributed by atoms with E-state index in [0.29, 0.717) is 0 Å². The molecule has 0 bridgehead atoms. The van der Waals surface area contributed by atoms with Crippen molar-refractivity contribution in [1.29, 1.82) is 0 Å². The summed E-state index contributed by atoms with van der Waals surface area (Å²) in [5.41, 5.74) is -0.995. The molecule has 0 spiro atoms. The number of ketones is 1. The van der Waals surface area contributed by atoms with Crippen molar-refractivity contribution in [3.8, 4) is 11.5 Å². The third kappa shape index (κ3) is 2.09. The molecule has 1 heterocycles. The molecule has 1 unspecified atom stereocenters. The van der Waals surface area contributed by atoms with Gasteiger partial charge >= 0.3 is 0 Å². The molecule has 1 aromatic heterocycles. The summed E-state index contributed by atoms with van der Waals surface area (Å²) >= 11 is 0. The zero-order valence-corrected chi connectivity index (χ0v) is 9.54. The van der Waals surface area contributed by atoms with E-state index >= 15 is 0 Å². The van der Waals surface area contributed by atoms with Crippen molar-refractivity contribution in [3.05, 3.63) is 36.2 Å². The van der Waals surface area contributed by atoms with Gasteiger partial charge in [-0.3, -0.25) is 4.79 Å². The summed E-state index contributed by atoms with van der Waals surface area (Å²) in [6.07, 6.45) is 0. The normalized spacial score (nSPS) is 14.3. The fourth-order valence-corrected chi connectivity index (χ4v) is 1.27. The first kappa shape index (κ1) is 11.5. The van der Waals surface area contributed by atoms with Gasteiger partial charge in [0, 0.05) is 5.56 Å². The van der Waals surface area contributed by atoms with Crippen molar-refractivity contribution < 1.29 is 14.3 Å². The number of aliphatic hydroxyl groups is 1. The van der Waals surface area contributed by atoms with Gasteiger partial charge in [0.2, 0.25) is 5.89 Å². The molecular weight excluding hydrogens is 220 g/mol. The Hall–Kier alpha value is -2.01. The fourth-order valence-electron chi connectivity index (χ4n) is 1.27. The Balaban J connectivity index is 2.38. The molecule has 17 heavy (non-hydrogen) atoms. The lowest BCUT2D eigenvalue weighted by Crippen LogP contribution is -2.30. The number of nitrogens with zero attached hydrogens (tertiary/aromatic N) is 2. The largest absolute Gasteiger partial charge is 0.417 e. The van der Waals surface area contributed by atoms with Crippen LogP contribution in [0.4, 0.5) is 0 Å². The van der Waals surface area contributed by atoms with Crippen molar-refractivity contribution in [1.82, 2.24) is 10.2 Å². The SMILES string of the molecule is CC(=O)C(C)(O)c1nnc(-c2ccccc2)o1. The molecule has 1 aromatic carbocycles. The van der Waals surface area contributed by atoms with Crippen LogP contribution in [-0.2, 0) is 10.4 Å². The van der Waals surface area contributed by atoms with E-state index in [4.69, 9.17) is 4.42 Å². The van der Waals surface area contributed by atoms with Crippen LogP contribution in [0.15, 0.2) is 34.7 Å². The van der Waals surface area contributed by atoms with E-state index in [0.717, 1.165) is 5.56 Å². The summed E-state index contributed by atoms with van der Waals surface area (Å²) in [5, 5.41) is 17.4. The molecule has 88 valence electrons. The van der Waals surface area contributed by atoms with Crippen molar-refractivity contribution in [2.75, 3.05) is 0 Å². The Kier molecular flexibility index (Phi) is 2.77. The van der Waals surface area contributed by atoms with Crippen molar-refractivity contribution in [2.24, 2.45) is 0 Å². The summed E-state index contributed by atoms with van der Waals surface area (Å²) < 4.78 is 5.30. The molecule has 5 nitrogen and oxygen atoms in total. The van der Waals surface area contributed by atoms with Crippen LogP contribution in [0.25, 0.3) is 11.5 Å². The molecule has 2 aromatic rings. The van der Waals surface area contributed by atoms with E-state index in [1.54, 1.807) is 12.1 Å². The Morgan fingerprint density at radius 1 is 1.29 bits per heavy atom. The minimum atomic E-state index is -1.74. The summed E-state index contributed by atoms with van der Waals surface area (Å²) in [6, 6.07) is 9.15. The highest BCUT2D eigenvalue weighted by Gasteiger charge is 2.35. The van der Waals surface area contributed by atoms with Gasteiger partial charge < -0.3 is 9.52 Å². The first-order valence-electron chi connectivity index (χ1n) is 5.14. The molecule has 0 aliphatic rings. The molecule has 1 N–H and O–H groups in total. The predicted molar refractivity (Wildman–Crippen MR) is 60.0 cm³/mol. The lowest BCUT2D eigenvalue weighted by molar-refractivity contribution is -0.136. The number of benzene rings is 1. The highest BCUT2D eigenvalue weighted by atomic mass is 16.4. The Labute approximate surface area is 98.1 Å². The van der Waals surface area contributed by atoms with E-state index in [2.05, 4.69) is 10.2 Å². The van der Waals surface area contributed by atoms with Crippen LogP contribution < -0.4 is 0 Å². The first-order chi connectivity index (χ1) is 8.01. The van der Waals surface area contributed by atoms with Crippen LogP contribution in [0.1, 0.15) is 19.7 Å². The number of rotatable bonds is 3. The van der Waals surface area contributed by atoms with Gasteiger partial charge in [0.25, 0.3) is 5.89 Å². The second-order valence-corrected chi connectivity index (χ2v) is 3.91. The third-order valence-electron chi connectivity index (χ3n) is 2.55. The van der Waals surface area contributed by atoms with Crippen molar-refractivity contribution in [3.63, 3.8) is 0 Å². The molecule has 0 amide bonds. The number of carbonyl (C=O) groups is 1. The summed E-state index contributed by atoms with van der Waals surface area (Å²) in [5.74, 6) is -0.258. The molecule has 0 fully saturated rings. The highest BCUT2D eigenvalue weighted by Crippen LogP contribution is 2.24. The fraction of sp³-hybridized carbons (Fsp3) is 0.250. The molecule has 0 radical (unpaired) electrons. The van der Waals surface area contributed by atoms with Crippen LogP contribution >= 0.6 is 0 Å². The van der Waals surface area contributed by atoms with E-state index in [1.165, 1.54) is 13.8 Å². The molecule has 2 rings (SSSR count). The Morgan fingerprint density at radius 2 is 1.94 bits per heavy atom. The summed E-state index contributed by atoms with van der Waals surface area (Å²) in [6.45, 7) is 2.60. The van der Waals surface area contributed by atoms with E-state index in [9.17, 15) is 9.90 Å². The van der Waals surface area contributed by atoms with Crippen LogP contribution in [0.5, 0.6) is 0 Å². The van der Waals surface area contributed by atoms with Crippen LogP contribution in [0, 0.1) is 0 Å². The second-order valence-electron chi connectivity index (χ2n) is 3.91. The maximum Gasteiger partial charge on any atom is 0.255 e. The quantitative estimate of drug-likeness (QED) is 0.868. The number of hydrogen-bond acceptors (Lipinski definition) is 5.